The molecule has 3 saturated heterocycles. The summed E-state index contributed by atoms with van der Waals surface area (Å²) in [5.74, 6) is -10.5. The molecule has 7 rings (SSSR count). The van der Waals surface area contributed by atoms with Gasteiger partial charge in [0, 0.05) is 31.8 Å². The van der Waals surface area contributed by atoms with Crippen molar-refractivity contribution in [1.82, 2.24) is 36.4 Å². The van der Waals surface area contributed by atoms with E-state index in [0.717, 1.165) is 84.1 Å². The summed E-state index contributed by atoms with van der Waals surface area (Å²) in [7, 11) is 0. The minimum atomic E-state index is -2.37. The zero-order valence-electron chi connectivity index (χ0n) is 46.0. The minimum absolute atomic E-state index is 0.0929. The zero-order valence-corrected chi connectivity index (χ0v) is 46.0. The summed E-state index contributed by atoms with van der Waals surface area (Å²) in [4.78, 5) is 101. The molecule has 4 aromatic carbocycles. The number of fused-ring (bicyclic) bond motifs is 2. The molecule has 25 heteroatoms. The van der Waals surface area contributed by atoms with Crippen LogP contribution >= 0.6 is 0 Å². The van der Waals surface area contributed by atoms with Crippen molar-refractivity contribution in [3.63, 3.8) is 0 Å². The first kappa shape index (κ1) is 63.0. The van der Waals surface area contributed by atoms with E-state index in [1.165, 1.54) is 25.1 Å². The maximum Gasteiger partial charge on any atom is 0.254 e. The van der Waals surface area contributed by atoms with Crippen molar-refractivity contribution in [2.24, 2.45) is 5.92 Å². The molecule has 3 aliphatic rings. The molecule has 0 spiro atoms. The maximum atomic E-state index is 16.1. The van der Waals surface area contributed by atoms with Crippen LogP contribution in [-0.4, -0.2) is 196 Å². The van der Waals surface area contributed by atoms with E-state index < -0.39 is 170 Å². The molecule has 448 valence electrons. The second-order valence-electron chi connectivity index (χ2n) is 21.4. The van der Waals surface area contributed by atoms with Gasteiger partial charge in [0.1, 0.15) is 71.9 Å². The van der Waals surface area contributed by atoms with Gasteiger partial charge in [0.2, 0.25) is 35.4 Å². The zero-order chi connectivity index (χ0) is 60.6. The number of phenolic OH excluding ortho intramolecular Hbond substituents is 1. The number of nitrogens with zero attached hydrogens (tertiary/aromatic N) is 2. The van der Waals surface area contributed by atoms with Gasteiger partial charge in [0.05, 0.1) is 36.6 Å². The maximum absolute atomic E-state index is 16.1. The number of rotatable bonds is 14. The molecule has 0 saturated carbocycles. The molecule has 14 N–H and O–H groups in total. The van der Waals surface area contributed by atoms with Crippen molar-refractivity contribution in [3.05, 3.63) is 108 Å². The van der Waals surface area contributed by atoms with E-state index in [1.807, 2.05) is 36.4 Å². The highest BCUT2D eigenvalue weighted by atomic mass is 19.1. The lowest BCUT2D eigenvalue weighted by Gasteiger charge is -2.34. The van der Waals surface area contributed by atoms with E-state index in [4.69, 9.17) is 4.74 Å². The van der Waals surface area contributed by atoms with Gasteiger partial charge in [-0.2, -0.15) is 0 Å². The molecular formula is C58H72FN7O17. The van der Waals surface area contributed by atoms with E-state index in [-0.39, 0.29) is 11.3 Å². The Balaban J connectivity index is 1.19. The first-order valence-corrected chi connectivity index (χ1v) is 27.4. The number of aromatic hydroxyl groups is 1. The standard InChI is InChI=1S/C58H72FN7O17/c1-5-6-7-22-83-38-19-14-32(15-20-38)31-8-10-33(11-9-31)35-16-21-39(40(59)23-35)51(75)60-41-25-43(71)54(78)64-56(80)47-48(72)28(2)26-66(47)58(82)45(30(4)68)62-55(79)46(50(74)49(73)34-12-17-36(69)18-13-34)63-53(77)42-24-37(70)27-65(42)57(81)44(29(3)67)61-52(41)76/h8-21,23,28-30,37,41-50,54,67-74,78H,5-7,22,24-27H2,1-4H3,(H,60,75)(H,61,76)(H,62,79)(H,63,77)(H,64,80)/t28-,29+,30+,37+,41-,42-,43+,44-,45-,46-,47-,48-,49-,50-,54+/m0/s1. The van der Waals surface area contributed by atoms with Crippen molar-refractivity contribution in [3.8, 4) is 33.8 Å². The fourth-order valence-electron chi connectivity index (χ4n) is 10.3. The van der Waals surface area contributed by atoms with Crippen molar-refractivity contribution < 1.29 is 88.6 Å². The number of aliphatic hydroxyl groups is 8. The van der Waals surface area contributed by atoms with Crippen LogP contribution in [0, 0.1) is 11.7 Å². The van der Waals surface area contributed by atoms with Crippen LogP contribution in [0.25, 0.3) is 22.3 Å². The molecule has 3 fully saturated rings. The summed E-state index contributed by atoms with van der Waals surface area (Å²) in [6, 6.07) is 10.9. The number of hydrogen-bond acceptors (Lipinski definition) is 17. The van der Waals surface area contributed by atoms with E-state index >= 15 is 4.39 Å². The predicted molar refractivity (Wildman–Crippen MR) is 293 cm³/mol. The van der Waals surface area contributed by atoms with Crippen molar-refractivity contribution in [2.75, 3.05) is 19.7 Å². The Morgan fingerprint density at radius 3 is 1.82 bits per heavy atom. The number of carbonyl (C=O) groups excluding carboxylic acids is 7. The van der Waals surface area contributed by atoms with Crippen LogP contribution in [0.1, 0.15) is 81.8 Å². The first-order valence-electron chi connectivity index (χ1n) is 27.4. The molecule has 0 unspecified atom stereocenters. The number of halogens is 1. The molecule has 3 aliphatic heterocycles. The highest BCUT2D eigenvalue weighted by Gasteiger charge is 2.50. The molecule has 0 aromatic heterocycles. The van der Waals surface area contributed by atoms with Crippen molar-refractivity contribution in [1.29, 1.82) is 0 Å². The number of amides is 7. The van der Waals surface area contributed by atoms with Gasteiger partial charge in [-0.15, -0.1) is 0 Å². The van der Waals surface area contributed by atoms with Crippen LogP contribution in [0.15, 0.2) is 91.0 Å². The lowest BCUT2D eigenvalue weighted by atomic mass is 9.96. The normalized spacial score (nSPS) is 27.4. The number of ether oxygens (including phenoxy) is 1. The molecule has 0 aliphatic carbocycles. The number of phenols is 1. The Labute approximate surface area is 477 Å². The molecule has 15 atom stereocenters. The van der Waals surface area contributed by atoms with Gasteiger partial charge in [-0.3, -0.25) is 33.6 Å². The van der Waals surface area contributed by atoms with Gasteiger partial charge in [0.25, 0.3) is 5.91 Å². The first-order chi connectivity index (χ1) is 39.4. The monoisotopic (exact) mass is 1160 g/mol. The molecule has 7 amide bonds. The van der Waals surface area contributed by atoms with Gasteiger partial charge in [-0.25, -0.2) is 4.39 Å². The third-order valence-corrected chi connectivity index (χ3v) is 15.1. The fourth-order valence-corrected chi connectivity index (χ4v) is 10.3. The minimum Gasteiger partial charge on any atom is -0.508 e. The van der Waals surface area contributed by atoms with Crippen LogP contribution in [0.4, 0.5) is 4.39 Å². The number of nitrogens with one attached hydrogen (secondary N) is 5. The highest BCUT2D eigenvalue weighted by molar-refractivity contribution is 6.00. The smallest absolute Gasteiger partial charge is 0.254 e. The Morgan fingerprint density at radius 2 is 1.23 bits per heavy atom. The van der Waals surface area contributed by atoms with Gasteiger partial charge in [-0.1, -0.05) is 81.3 Å². The summed E-state index contributed by atoms with van der Waals surface area (Å²) in [5.41, 5.74) is 1.98. The molecule has 0 radical (unpaired) electrons. The number of unbranched alkanes of at least 4 members (excludes halogenated alkanes) is 2. The Kier molecular flexibility index (Phi) is 21.0. The average molecular weight is 1160 g/mol. The van der Waals surface area contributed by atoms with Crippen molar-refractivity contribution >= 4 is 41.4 Å². The summed E-state index contributed by atoms with van der Waals surface area (Å²) in [6.07, 6.45) is -14.2. The van der Waals surface area contributed by atoms with E-state index in [9.17, 15) is 79.5 Å². The van der Waals surface area contributed by atoms with E-state index in [0.29, 0.717) is 17.7 Å². The second kappa shape index (κ2) is 27.6. The molecule has 24 nitrogen and oxygen atoms in total. The largest absolute Gasteiger partial charge is 0.508 e. The SMILES string of the molecule is CCCCCOc1ccc(-c2ccc(-c3ccc(C(=O)N[C@H]4C[C@@H](O)[C@@H](O)NC(=O)[C@@H]5[C@@H](O)[C@@H](C)CN5C(=O)[C@H]([C@@H](C)O)NC(=O)[C@H]([C@H](O)[C@@H](O)c5ccc(O)cc5)NC(=O)[C@@H]5C[C@@H](O)CN5C(=O)[C@H]([C@@H](C)O)NC4=O)c(F)c3)cc2)cc1. The number of benzene rings is 4. The fraction of sp³-hybridized carbons (Fsp3) is 0.466. The summed E-state index contributed by atoms with van der Waals surface area (Å²) < 4.78 is 21.9. The number of aliphatic hydroxyl groups excluding tert-OH is 8. The second-order valence-corrected chi connectivity index (χ2v) is 21.4. The van der Waals surface area contributed by atoms with Gasteiger partial charge >= 0.3 is 0 Å². The lowest BCUT2D eigenvalue weighted by Crippen LogP contribution is -2.64. The van der Waals surface area contributed by atoms with Gasteiger partial charge < -0.3 is 87.1 Å². The Hall–Kier alpha value is -7.62. The van der Waals surface area contributed by atoms with Crippen LogP contribution in [0.3, 0.4) is 0 Å². The highest BCUT2D eigenvalue weighted by Crippen LogP contribution is 2.30. The summed E-state index contributed by atoms with van der Waals surface area (Å²) >= 11 is 0. The number of carbonyl (C=O) groups is 7. The third-order valence-electron chi connectivity index (χ3n) is 15.1. The lowest BCUT2D eigenvalue weighted by molar-refractivity contribution is -0.148. The predicted octanol–water partition coefficient (Wildman–Crippen LogP) is -0.788. The van der Waals surface area contributed by atoms with Crippen LogP contribution in [-0.2, 0) is 28.8 Å². The average Bonchev–Trinajstić information content (AvgIpc) is 3.97. The van der Waals surface area contributed by atoms with Gasteiger partial charge in [0.15, 0.2) is 6.23 Å². The summed E-state index contributed by atoms with van der Waals surface area (Å²) in [5, 5.41) is 111. The molecule has 83 heavy (non-hydrogen) atoms. The topological polar surface area (TPSA) is 377 Å². The molecule has 3 heterocycles. The third kappa shape index (κ3) is 15.0. The van der Waals surface area contributed by atoms with Crippen LogP contribution in [0.5, 0.6) is 11.5 Å². The molecular weight excluding hydrogens is 1090 g/mol. The molecule has 4 aromatic rings. The van der Waals surface area contributed by atoms with Crippen molar-refractivity contribution in [2.45, 2.75) is 145 Å². The van der Waals surface area contributed by atoms with Crippen LogP contribution < -0.4 is 31.3 Å². The number of hydrogen-bond donors (Lipinski definition) is 14. The van der Waals surface area contributed by atoms with E-state index in [1.54, 1.807) is 12.1 Å². The van der Waals surface area contributed by atoms with E-state index in [2.05, 4.69) is 33.5 Å². The van der Waals surface area contributed by atoms with Gasteiger partial charge in [-0.05, 0) is 84.5 Å². The molecule has 0 bridgehead atoms. The summed E-state index contributed by atoms with van der Waals surface area (Å²) in [6.45, 7) is 5.26. The van der Waals surface area contributed by atoms with Crippen LogP contribution in [0.2, 0.25) is 0 Å². The Bertz CT molecular complexity index is 2950. The quantitative estimate of drug-likeness (QED) is 0.0688. The Morgan fingerprint density at radius 1 is 0.675 bits per heavy atom.